The summed E-state index contributed by atoms with van der Waals surface area (Å²) in [5, 5.41) is 3.12. The second kappa shape index (κ2) is 8.11. The van der Waals surface area contributed by atoms with Gasteiger partial charge in [0.1, 0.15) is 0 Å². The Bertz CT molecular complexity index is 427. The molecule has 0 aromatic heterocycles. The zero-order valence-corrected chi connectivity index (χ0v) is 14.8. The number of amides is 2. The standard InChI is InChI=1S/C17H31N3O3/c1-19(2)11-10-18-16(22)17-8-5-4-6-14(17)20(12-13-23-3)15(21)7-9-17/h14H,4-13H2,1-3H3,(H,18,22)/t14-,17-/m0/s1. The lowest BCUT2D eigenvalue weighted by Gasteiger charge is -2.51. The number of likely N-dealkylation sites (tertiary alicyclic amines) is 1. The molecule has 2 amide bonds. The summed E-state index contributed by atoms with van der Waals surface area (Å²) >= 11 is 0. The first-order chi connectivity index (χ1) is 11.0. The number of likely N-dealkylation sites (N-methyl/N-ethyl adjacent to an activating group) is 1. The minimum absolute atomic E-state index is 0.0343. The van der Waals surface area contributed by atoms with Gasteiger partial charge >= 0.3 is 0 Å². The predicted molar refractivity (Wildman–Crippen MR) is 89.1 cm³/mol. The molecule has 2 atom stereocenters. The van der Waals surface area contributed by atoms with E-state index in [4.69, 9.17) is 4.74 Å². The van der Waals surface area contributed by atoms with E-state index in [0.717, 1.165) is 32.2 Å². The second-order valence-electron chi connectivity index (χ2n) is 7.06. The van der Waals surface area contributed by atoms with Crippen LogP contribution in [0.1, 0.15) is 38.5 Å². The number of ether oxygens (including phenoxy) is 1. The Labute approximate surface area is 139 Å². The van der Waals surface area contributed by atoms with Crippen molar-refractivity contribution in [3.05, 3.63) is 0 Å². The Morgan fingerprint density at radius 1 is 1.39 bits per heavy atom. The van der Waals surface area contributed by atoms with Crippen molar-refractivity contribution in [2.75, 3.05) is 47.4 Å². The van der Waals surface area contributed by atoms with Crippen LogP contribution in [0.25, 0.3) is 0 Å². The number of nitrogens with zero attached hydrogens (tertiary/aromatic N) is 2. The monoisotopic (exact) mass is 325 g/mol. The van der Waals surface area contributed by atoms with Crippen LogP contribution in [-0.2, 0) is 14.3 Å². The molecule has 1 aliphatic carbocycles. The highest BCUT2D eigenvalue weighted by atomic mass is 16.5. The van der Waals surface area contributed by atoms with Crippen molar-refractivity contribution >= 4 is 11.8 Å². The van der Waals surface area contributed by atoms with Crippen LogP contribution in [-0.4, -0.2) is 75.1 Å². The Hall–Kier alpha value is -1.14. The first kappa shape index (κ1) is 18.2. The molecule has 6 nitrogen and oxygen atoms in total. The fourth-order valence-corrected chi connectivity index (χ4v) is 4.03. The van der Waals surface area contributed by atoms with Gasteiger partial charge in [0.2, 0.25) is 11.8 Å². The van der Waals surface area contributed by atoms with Gasteiger partial charge in [-0.2, -0.15) is 0 Å². The molecule has 1 aliphatic heterocycles. The fourth-order valence-electron chi connectivity index (χ4n) is 4.03. The van der Waals surface area contributed by atoms with Crippen LogP contribution in [0.3, 0.4) is 0 Å². The lowest BCUT2D eigenvalue weighted by atomic mass is 9.64. The summed E-state index contributed by atoms with van der Waals surface area (Å²) in [5.41, 5.74) is -0.397. The summed E-state index contributed by atoms with van der Waals surface area (Å²) in [7, 11) is 5.65. The van der Waals surface area contributed by atoms with Gasteiger partial charge in [-0.3, -0.25) is 9.59 Å². The van der Waals surface area contributed by atoms with Crippen molar-refractivity contribution in [3.63, 3.8) is 0 Å². The Kier molecular flexibility index (Phi) is 6.41. The molecule has 0 radical (unpaired) electrons. The number of rotatable bonds is 7. The summed E-state index contributed by atoms with van der Waals surface area (Å²) < 4.78 is 5.16. The number of hydrogen-bond acceptors (Lipinski definition) is 4. The van der Waals surface area contributed by atoms with Crippen molar-refractivity contribution < 1.29 is 14.3 Å². The van der Waals surface area contributed by atoms with Gasteiger partial charge in [-0.05, 0) is 33.4 Å². The molecule has 1 saturated carbocycles. The first-order valence-corrected chi connectivity index (χ1v) is 8.72. The molecule has 23 heavy (non-hydrogen) atoms. The van der Waals surface area contributed by atoms with Crippen molar-refractivity contribution in [1.82, 2.24) is 15.1 Å². The Morgan fingerprint density at radius 2 is 2.17 bits per heavy atom. The molecule has 0 aromatic rings. The van der Waals surface area contributed by atoms with E-state index in [-0.39, 0.29) is 17.9 Å². The van der Waals surface area contributed by atoms with Crippen LogP contribution in [0, 0.1) is 5.41 Å². The molecule has 2 aliphatic rings. The van der Waals surface area contributed by atoms with Crippen LogP contribution >= 0.6 is 0 Å². The molecule has 1 saturated heterocycles. The van der Waals surface area contributed by atoms with Crippen LogP contribution in [0.5, 0.6) is 0 Å². The number of carbonyl (C=O) groups excluding carboxylic acids is 2. The maximum atomic E-state index is 13.0. The minimum atomic E-state index is -0.397. The third kappa shape index (κ3) is 4.04. The van der Waals surface area contributed by atoms with E-state index < -0.39 is 5.41 Å². The van der Waals surface area contributed by atoms with Gasteiger partial charge < -0.3 is 19.9 Å². The first-order valence-electron chi connectivity index (χ1n) is 8.72. The largest absolute Gasteiger partial charge is 0.383 e. The van der Waals surface area contributed by atoms with E-state index in [1.807, 2.05) is 19.0 Å². The van der Waals surface area contributed by atoms with E-state index >= 15 is 0 Å². The lowest BCUT2D eigenvalue weighted by molar-refractivity contribution is -0.156. The number of nitrogens with one attached hydrogen (secondary N) is 1. The highest BCUT2D eigenvalue weighted by Gasteiger charge is 2.52. The van der Waals surface area contributed by atoms with Crippen molar-refractivity contribution in [2.24, 2.45) is 5.41 Å². The molecule has 0 unspecified atom stereocenters. The number of hydrogen-bond donors (Lipinski definition) is 1. The van der Waals surface area contributed by atoms with Gasteiger partial charge in [0.15, 0.2) is 0 Å². The molecule has 6 heteroatoms. The van der Waals surface area contributed by atoms with Gasteiger partial charge in [-0.1, -0.05) is 12.8 Å². The van der Waals surface area contributed by atoms with E-state index in [9.17, 15) is 9.59 Å². The van der Waals surface area contributed by atoms with E-state index in [2.05, 4.69) is 10.2 Å². The van der Waals surface area contributed by atoms with Crippen LogP contribution < -0.4 is 5.32 Å². The lowest BCUT2D eigenvalue weighted by Crippen LogP contribution is -2.62. The minimum Gasteiger partial charge on any atom is -0.383 e. The SMILES string of the molecule is COCCN1C(=O)CC[C@@]2(C(=O)NCCN(C)C)CCCC[C@H]12. The fraction of sp³-hybridized carbons (Fsp3) is 0.882. The van der Waals surface area contributed by atoms with Crippen molar-refractivity contribution in [1.29, 1.82) is 0 Å². The highest BCUT2D eigenvalue weighted by Crippen LogP contribution is 2.46. The van der Waals surface area contributed by atoms with Crippen molar-refractivity contribution in [2.45, 2.75) is 44.6 Å². The van der Waals surface area contributed by atoms with E-state index in [1.54, 1.807) is 7.11 Å². The smallest absolute Gasteiger partial charge is 0.228 e. The molecule has 0 aromatic carbocycles. The number of fused-ring (bicyclic) bond motifs is 1. The zero-order valence-electron chi connectivity index (χ0n) is 14.8. The highest BCUT2D eigenvalue weighted by molar-refractivity contribution is 5.88. The number of methoxy groups -OCH3 is 1. The summed E-state index contributed by atoms with van der Waals surface area (Å²) in [4.78, 5) is 29.3. The quantitative estimate of drug-likeness (QED) is 0.754. The summed E-state index contributed by atoms with van der Waals surface area (Å²) in [6.07, 6.45) is 5.14. The molecular formula is C17H31N3O3. The zero-order chi connectivity index (χ0) is 16.9. The normalized spacial score (nSPS) is 27.9. The van der Waals surface area contributed by atoms with Gasteiger partial charge in [-0.25, -0.2) is 0 Å². The molecule has 1 heterocycles. The van der Waals surface area contributed by atoms with Crippen LogP contribution in [0.2, 0.25) is 0 Å². The van der Waals surface area contributed by atoms with Gasteiger partial charge in [0.05, 0.1) is 12.0 Å². The molecule has 1 N–H and O–H groups in total. The third-order valence-electron chi connectivity index (χ3n) is 5.30. The van der Waals surface area contributed by atoms with Crippen LogP contribution in [0.15, 0.2) is 0 Å². The average Bonchev–Trinajstić information content (AvgIpc) is 2.53. The Balaban J connectivity index is 2.11. The molecular weight excluding hydrogens is 294 g/mol. The maximum Gasteiger partial charge on any atom is 0.228 e. The molecule has 132 valence electrons. The third-order valence-corrected chi connectivity index (χ3v) is 5.30. The van der Waals surface area contributed by atoms with Gasteiger partial charge in [-0.15, -0.1) is 0 Å². The Morgan fingerprint density at radius 3 is 2.87 bits per heavy atom. The topological polar surface area (TPSA) is 61.9 Å². The summed E-state index contributed by atoms with van der Waals surface area (Å²) in [6, 6.07) is 0.0343. The molecule has 0 spiro atoms. The van der Waals surface area contributed by atoms with Gasteiger partial charge in [0.25, 0.3) is 0 Å². The van der Waals surface area contributed by atoms with Crippen LogP contribution in [0.4, 0.5) is 0 Å². The van der Waals surface area contributed by atoms with Crippen molar-refractivity contribution in [3.8, 4) is 0 Å². The number of piperidine rings is 1. The summed E-state index contributed by atoms with van der Waals surface area (Å²) in [5.74, 6) is 0.310. The maximum absolute atomic E-state index is 13.0. The van der Waals surface area contributed by atoms with Gasteiger partial charge in [0, 0.05) is 39.2 Å². The molecule has 0 bridgehead atoms. The second-order valence-corrected chi connectivity index (χ2v) is 7.06. The molecule has 2 fully saturated rings. The average molecular weight is 325 g/mol. The van der Waals surface area contributed by atoms with E-state index in [1.165, 1.54) is 0 Å². The number of carbonyl (C=O) groups is 2. The van der Waals surface area contributed by atoms with E-state index in [0.29, 0.717) is 32.5 Å². The predicted octanol–water partition coefficient (Wildman–Crippen LogP) is 0.862. The summed E-state index contributed by atoms with van der Waals surface area (Å²) in [6.45, 7) is 2.61. The molecule has 2 rings (SSSR count).